The fraction of sp³-hybridized carbons (Fsp3) is 0.643. The topological polar surface area (TPSA) is 22.1 Å². The quantitative estimate of drug-likeness (QED) is 0.502. The molecule has 0 amide bonds. The van der Waals surface area contributed by atoms with Gasteiger partial charge < -0.3 is 4.74 Å². The Kier molecular flexibility index (Phi) is 5.21. The molecular weight excluding hydrogens is 411 g/mol. The fourth-order valence-electron chi connectivity index (χ4n) is 2.66. The van der Waals surface area contributed by atoms with Crippen LogP contribution in [0, 0.1) is 12.8 Å². The molecule has 24 heavy (non-hydrogen) atoms. The third-order valence-corrected chi connectivity index (χ3v) is 4.35. The van der Waals surface area contributed by atoms with Crippen molar-refractivity contribution >= 4 is 15.9 Å². The number of nitrogens with zero attached hydrogens (tertiary/aromatic N) is 1. The first kappa shape index (κ1) is 19.4. The van der Waals surface area contributed by atoms with Gasteiger partial charge in [-0.25, -0.2) is 9.37 Å². The van der Waals surface area contributed by atoms with Crippen molar-refractivity contribution in [1.82, 2.24) is 4.98 Å². The van der Waals surface area contributed by atoms with E-state index in [9.17, 15) is 30.7 Å². The van der Waals surface area contributed by atoms with Crippen LogP contribution in [0.25, 0.3) is 0 Å². The van der Waals surface area contributed by atoms with Crippen LogP contribution in [0.4, 0.5) is 30.7 Å². The van der Waals surface area contributed by atoms with Gasteiger partial charge in [-0.2, -0.15) is 26.3 Å². The first-order valence-electron chi connectivity index (χ1n) is 6.94. The van der Waals surface area contributed by atoms with E-state index in [0.29, 0.717) is 13.0 Å². The lowest BCUT2D eigenvalue weighted by Gasteiger charge is -2.32. The molecule has 10 heteroatoms. The van der Waals surface area contributed by atoms with E-state index in [1.165, 1.54) is 13.0 Å². The van der Waals surface area contributed by atoms with E-state index in [4.69, 9.17) is 4.74 Å². The second-order valence-electron chi connectivity index (χ2n) is 5.68. The highest BCUT2D eigenvalue weighted by Crippen LogP contribution is 2.54. The average Bonchev–Trinajstić information content (AvgIpc) is 2.91. The zero-order valence-electron chi connectivity index (χ0n) is 12.4. The van der Waals surface area contributed by atoms with Crippen LogP contribution in [-0.2, 0) is 16.8 Å². The smallest absolute Gasteiger partial charge is 0.381 e. The van der Waals surface area contributed by atoms with Crippen molar-refractivity contribution in [3.05, 3.63) is 27.5 Å². The van der Waals surface area contributed by atoms with Gasteiger partial charge >= 0.3 is 18.0 Å². The highest BCUT2D eigenvalue weighted by Gasteiger charge is 2.75. The minimum atomic E-state index is -6.19. The number of aryl methyl sites for hydroxylation is 1. The molecule has 2 nitrogen and oxygen atoms in total. The molecule has 0 radical (unpaired) electrons. The third kappa shape index (κ3) is 3.40. The molecule has 1 unspecified atom stereocenters. The van der Waals surface area contributed by atoms with Crippen LogP contribution >= 0.6 is 15.9 Å². The van der Waals surface area contributed by atoms with E-state index in [2.05, 4.69) is 20.9 Å². The van der Waals surface area contributed by atoms with Gasteiger partial charge in [-0.05, 0) is 58.8 Å². The summed E-state index contributed by atoms with van der Waals surface area (Å²) in [7, 11) is 0. The maximum absolute atomic E-state index is 14.5. The highest BCUT2D eigenvalue weighted by molar-refractivity contribution is 9.10. The van der Waals surface area contributed by atoms with Crippen molar-refractivity contribution in [3.8, 4) is 0 Å². The standard InChI is InChI=1S/C14H13BrF7NO/c1-7-4-10(15)23-11(9(7)5-8-2-3-24-6-8)12(16,13(17,18)19)14(20,21)22/h4,8H,2-3,5-6H2,1H3. The molecule has 1 atom stereocenters. The van der Waals surface area contributed by atoms with Crippen molar-refractivity contribution in [2.75, 3.05) is 13.2 Å². The third-order valence-electron chi connectivity index (χ3n) is 3.94. The van der Waals surface area contributed by atoms with Gasteiger partial charge in [0.1, 0.15) is 10.3 Å². The van der Waals surface area contributed by atoms with Gasteiger partial charge in [0.2, 0.25) is 0 Å². The lowest BCUT2D eigenvalue weighted by Crippen LogP contribution is -2.51. The summed E-state index contributed by atoms with van der Waals surface area (Å²) in [6.45, 7) is 1.89. The molecule has 2 rings (SSSR count). The van der Waals surface area contributed by atoms with Crippen LogP contribution in [0.3, 0.4) is 0 Å². The van der Waals surface area contributed by atoms with Gasteiger partial charge in [-0.15, -0.1) is 0 Å². The van der Waals surface area contributed by atoms with E-state index in [0.717, 1.165) is 0 Å². The second-order valence-corrected chi connectivity index (χ2v) is 6.49. The Balaban J connectivity index is 2.65. The SMILES string of the molecule is Cc1cc(Br)nc(C(F)(C(F)(F)F)C(F)(F)F)c1CC1CCOC1. The number of rotatable bonds is 3. The fourth-order valence-corrected chi connectivity index (χ4v) is 3.18. The number of ether oxygens (including phenoxy) is 1. The van der Waals surface area contributed by atoms with Gasteiger partial charge in [0.25, 0.3) is 0 Å². The number of alkyl halides is 7. The van der Waals surface area contributed by atoms with E-state index < -0.39 is 23.7 Å². The number of halogens is 8. The Hall–Kier alpha value is -0.900. The highest BCUT2D eigenvalue weighted by atomic mass is 79.9. The van der Waals surface area contributed by atoms with Crippen molar-refractivity contribution in [2.24, 2.45) is 5.92 Å². The number of hydrogen-bond donors (Lipinski definition) is 0. The van der Waals surface area contributed by atoms with Crippen molar-refractivity contribution in [1.29, 1.82) is 0 Å². The molecule has 2 heterocycles. The first-order chi connectivity index (χ1) is 10.9. The molecule has 0 N–H and O–H groups in total. The Morgan fingerprint density at radius 2 is 1.75 bits per heavy atom. The summed E-state index contributed by atoms with van der Waals surface area (Å²) in [6, 6.07) is 1.27. The summed E-state index contributed by atoms with van der Waals surface area (Å²) in [5.74, 6) is -0.281. The lowest BCUT2D eigenvalue weighted by atomic mass is 9.87. The Labute approximate surface area is 141 Å². The van der Waals surface area contributed by atoms with E-state index in [1.807, 2.05) is 0 Å². The Bertz CT molecular complexity index is 594. The van der Waals surface area contributed by atoms with Gasteiger partial charge in [0.15, 0.2) is 0 Å². The summed E-state index contributed by atoms with van der Waals surface area (Å²) < 4.78 is 97.7. The molecule has 0 spiro atoms. The van der Waals surface area contributed by atoms with Gasteiger partial charge in [-0.1, -0.05) is 0 Å². The summed E-state index contributed by atoms with van der Waals surface area (Å²) in [5.41, 5.74) is -7.47. The van der Waals surface area contributed by atoms with Gasteiger partial charge in [0.05, 0.1) is 0 Å². The van der Waals surface area contributed by atoms with Crippen molar-refractivity contribution in [3.63, 3.8) is 0 Å². The summed E-state index contributed by atoms with van der Waals surface area (Å²) in [6.07, 6.45) is -12.1. The molecule has 0 aromatic carbocycles. The molecule has 1 aliphatic rings. The molecule has 1 aromatic rings. The Morgan fingerprint density at radius 1 is 1.17 bits per heavy atom. The minimum Gasteiger partial charge on any atom is -0.381 e. The molecule has 1 saturated heterocycles. The molecule has 0 saturated carbocycles. The number of pyridine rings is 1. The zero-order chi connectivity index (χ0) is 18.3. The van der Waals surface area contributed by atoms with Crippen LogP contribution in [0.15, 0.2) is 10.7 Å². The van der Waals surface area contributed by atoms with Crippen LogP contribution in [-0.4, -0.2) is 30.6 Å². The van der Waals surface area contributed by atoms with Gasteiger partial charge in [-0.3, -0.25) is 0 Å². The maximum Gasteiger partial charge on any atom is 0.437 e. The molecule has 0 bridgehead atoms. The monoisotopic (exact) mass is 423 g/mol. The zero-order valence-corrected chi connectivity index (χ0v) is 13.9. The van der Waals surface area contributed by atoms with Crippen LogP contribution in [0.2, 0.25) is 0 Å². The van der Waals surface area contributed by atoms with E-state index >= 15 is 0 Å². The van der Waals surface area contributed by atoms with Crippen LogP contribution in [0.5, 0.6) is 0 Å². The maximum atomic E-state index is 14.5. The van der Waals surface area contributed by atoms with Crippen LogP contribution in [0.1, 0.15) is 23.2 Å². The largest absolute Gasteiger partial charge is 0.437 e. The number of aromatic nitrogens is 1. The predicted molar refractivity (Wildman–Crippen MR) is 74.2 cm³/mol. The molecule has 1 fully saturated rings. The molecule has 1 aromatic heterocycles. The molecular formula is C14H13BrF7NO. The second kappa shape index (κ2) is 6.44. The van der Waals surface area contributed by atoms with Crippen molar-refractivity contribution < 1.29 is 35.5 Å². The molecule has 136 valence electrons. The lowest BCUT2D eigenvalue weighted by molar-refractivity contribution is -0.350. The van der Waals surface area contributed by atoms with Gasteiger partial charge in [0, 0.05) is 13.2 Å². The molecule has 0 aliphatic carbocycles. The van der Waals surface area contributed by atoms with E-state index in [1.54, 1.807) is 0 Å². The Morgan fingerprint density at radius 3 is 2.21 bits per heavy atom. The number of hydrogen-bond acceptors (Lipinski definition) is 2. The van der Waals surface area contributed by atoms with Crippen molar-refractivity contribution in [2.45, 2.75) is 37.8 Å². The minimum absolute atomic E-state index is 0.106. The first-order valence-corrected chi connectivity index (χ1v) is 7.74. The molecule has 1 aliphatic heterocycles. The summed E-state index contributed by atoms with van der Waals surface area (Å²) in [5, 5.41) is 0. The summed E-state index contributed by atoms with van der Waals surface area (Å²) >= 11 is 2.75. The predicted octanol–water partition coefficient (Wildman–Crippen LogP) is 5.02. The van der Waals surface area contributed by atoms with Crippen LogP contribution < -0.4 is 0 Å². The average molecular weight is 424 g/mol. The van der Waals surface area contributed by atoms with E-state index in [-0.39, 0.29) is 34.7 Å². The normalized spacial score (nSPS) is 19.8. The summed E-state index contributed by atoms with van der Waals surface area (Å²) in [4.78, 5) is 3.24.